The minimum Gasteiger partial charge on any atom is -0.224 e. The molecular formula is C26H38O2S. The van der Waals surface area contributed by atoms with Gasteiger partial charge in [0.2, 0.25) is 0 Å². The third kappa shape index (κ3) is 3.32. The Kier molecular flexibility index (Phi) is 5.08. The molecule has 3 heteroatoms. The zero-order valence-corrected chi connectivity index (χ0v) is 19.7. The second-order valence-corrected chi connectivity index (χ2v) is 13.4. The van der Waals surface area contributed by atoms with Crippen molar-refractivity contribution in [3.63, 3.8) is 0 Å². The summed E-state index contributed by atoms with van der Waals surface area (Å²) in [6, 6.07) is 9.04. The average molecular weight is 415 g/mol. The minimum atomic E-state index is -3.29. The molecular weight excluding hydrogens is 376 g/mol. The smallest absolute Gasteiger partial charge is 0.178 e. The molecule has 2 saturated carbocycles. The molecule has 0 N–H and O–H groups in total. The van der Waals surface area contributed by atoms with Gasteiger partial charge in [0.15, 0.2) is 9.84 Å². The van der Waals surface area contributed by atoms with Crippen LogP contribution in [-0.4, -0.2) is 14.2 Å². The molecule has 0 saturated heterocycles. The number of rotatable bonds is 3. The quantitative estimate of drug-likeness (QED) is 0.517. The predicted octanol–water partition coefficient (Wildman–Crippen LogP) is 6.68. The van der Waals surface area contributed by atoms with Gasteiger partial charge in [-0.05, 0) is 85.2 Å². The van der Waals surface area contributed by atoms with E-state index in [2.05, 4.69) is 40.7 Å². The van der Waals surface area contributed by atoms with Gasteiger partial charge < -0.3 is 0 Å². The lowest BCUT2D eigenvalue weighted by Gasteiger charge is -2.65. The van der Waals surface area contributed by atoms with E-state index in [0.717, 1.165) is 18.8 Å². The Morgan fingerprint density at radius 3 is 2.31 bits per heavy atom. The summed E-state index contributed by atoms with van der Waals surface area (Å²) in [5.41, 5.74) is 2.08. The number of hydrogen-bond donors (Lipinski definition) is 0. The lowest BCUT2D eigenvalue weighted by atomic mass is 9.40. The van der Waals surface area contributed by atoms with Gasteiger partial charge in [-0.1, -0.05) is 64.0 Å². The lowest BCUT2D eigenvalue weighted by molar-refractivity contribution is -0.142. The molecule has 0 aliphatic heterocycles. The van der Waals surface area contributed by atoms with Crippen LogP contribution in [0.1, 0.15) is 73.1 Å². The summed E-state index contributed by atoms with van der Waals surface area (Å²) in [6.45, 7) is 12.1. The van der Waals surface area contributed by atoms with E-state index in [-0.39, 0.29) is 17.1 Å². The Balaban J connectivity index is 1.71. The van der Waals surface area contributed by atoms with E-state index in [4.69, 9.17) is 0 Å². The summed E-state index contributed by atoms with van der Waals surface area (Å²) in [6.07, 6.45) is 9.83. The van der Waals surface area contributed by atoms with Crippen LogP contribution in [0.2, 0.25) is 0 Å². The van der Waals surface area contributed by atoms with Crippen LogP contribution in [0.4, 0.5) is 0 Å². The van der Waals surface area contributed by atoms with Crippen molar-refractivity contribution >= 4 is 9.84 Å². The Labute approximate surface area is 178 Å². The van der Waals surface area contributed by atoms with Gasteiger partial charge in [-0.25, -0.2) is 8.42 Å². The van der Waals surface area contributed by atoms with Crippen LogP contribution in [0.25, 0.3) is 0 Å². The van der Waals surface area contributed by atoms with E-state index in [1.165, 1.54) is 31.3 Å². The monoisotopic (exact) mass is 414 g/mol. The molecule has 0 spiro atoms. The summed E-state index contributed by atoms with van der Waals surface area (Å²) < 4.78 is 26.6. The molecule has 2 nitrogen and oxygen atoms in total. The normalized spacial score (nSPS) is 39.2. The van der Waals surface area contributed by atoms with Crippen molar-refractivity contribution in [2.24, 2.45) is 34.0 Å². The molecule has 0 radical (unpaired) electrons. The maximum absolute atomic E-state index is 13.3. The second-order valence-electron chi connectivity index (χ2n) is 11.3. The Morgan fingerprint density at radius 1 is 0.931 bits per heavy atom. The summed E-state index contributed by atoms with van der Waals surface area (Å²) in [5.74, 6) is 1.69. The molecule has 1 unspecified atom stereocenters. The molecule has 1 aromatic rings. The van der Waals surface area contributed by atoms with Crippen molar-refractivity contribution in [3.8, 4) is 0 Å². The van der Waals surface area contributed by atoms with Crippen LogP contribution in [0.3, 0.4) is 0 Å². The lowest BCUT2D eigenvalue weighted by Crippen LogP contribution is -2.58. The topological polar surface area (TPSA) is 34.1 Å². The Hall–Kier alpha value is -1.09. The van der Waals surface area contributed by atoms with E-state index in [1.807, 2.05) is 18.2 Å². The van der Waals surface area contributed by atoms with E-state index >= 15 is 0 Å². The first-order chi connectivity index (χ1) is 13.5. The fourth-order valence-corrected chi connectivity index (χ4v) is 9.72. The molecule has 1 aromatic carbocycles. The molecule has 4 rings (SSSR count). The molecule has 0 heterocycles. The first-order valence-corrected chi connectivity index (χ1v) is 13.1. The van der Waals surface area contributed by atoms with Crippen molar-refractivity contribution in [1.82, 2.24) is 0 Å². The number of allylic oxidation sites excluding steroid dienone is 2. The number of hydrogen-bond acceptors (Lipinski definition) is 2. The highest BCUT2D eigenvalue weighted by Gasteiger charge is 2.60. The Morgan fingerprint density at radius 2 is 1.62 bits per heavy atom. The van der Waals surface area contributed by atoms with Gasteiger partial charge in [-0.2, -0.15) is 0 Å². The van der Waals surface area contributed by atoms with Crippen molar-refractivity contribution in [2.75, 3.05) is 5.75 Å². The molecule has 29 heavy (non-hydrogen) atoms. The fourth-order valence-electron chi connectivity index (χ4n) is 7.87. The molecule has 160 valence electrons. The minimum absolute atomic E-state index is 0.0688. The highest BCUT2D eigenvalue weighted by Crippen LogP contribution is 2.68. The predicted molar refractivity (Wildman–Crippen MR) is 120 cm³/mol. The third-order valence-corrected chi connectivity index (χ3v) is 11.1. The summed E-state index contributed by atoms with van der Waals surface area (Å²) in [4.78, 5) is 0.470. The first-order valence-electron chi connectivity index (χ1n) is 11.5. The van der Waals surface area contributed by atoms with Gasteiger partial charge in [0.05, 0.1) is 10.6 Å². The molecule has 3 aliphatic rings. The molecule has 5 atom stereocenters. The van der Waals surface area contributed by atoms with Crippen molar-refractivity contribution < 1.29 is 8.42 Å². The van der Waals surface area contributed by atoms with Crippen LogP contribution in [0.15, 0.2) is 46.9 Å². The molecule has 0 amide bonds. The molecule has 0 bridgehead atoms. The van der Waals surface area contributed by atoms with Crippen LogP contribution < -0.4 is 0 Å². The van der Waals surface area contributed by atoms with Crippen molar-refractivity contribution in [1.29, 1.82) is 0 Å². The highest BCUT2D eigenvalue weighted by molar-refractivity contribution is 7.91. The maximum Gasteiger partial charge on any atom is 0.178 e. The first kappa shape index (κ1) is 21.2. The van der Waals surface area contributed by atoms with Gasteiger partial charge in [-0.3, -0.25) is 0 Å². The largest absolute Gasteiger partial charge is 0.224 e. The summed E-state index contributed by atoms with van der Waals surface area (Å²) in [5, 5.41) is 0. The fraction of sp³-hybridized carbons (Fsp3) is 0.692. The van der Waals surface area contributed by atoms with Crippen LogP contribution in [0, 0.1) is 34.0 Å². The molecule has 2 fully saturated rings. The van der Waals surface area contributed by atoms with E-state index < -0.39 is 9.84 Å². The van der Waals surface area contributed by atoms with Crippen LogP contribution >= 0.6 is 0 Å². The summed E-state index contributed by atoms with van der Waals surface area (Å²) >= 11 is 0. The third-order valence-electron chi connectivity index (χ3n) is 9.35. The number of fused-ring (bicyclic) bond motifs is 3. The van der Waals surface area contributed by atoms with Gasteiger partial charge in [0.25, 0.3) is 0 Å². The van der Waals surface area contributed by atoms with Crippen molar-refractivity contribution in [2.45, 2.75) is 78.0 Å². The van der Waals surface area contributed by atoms with Crippen LogP contribution in [0.5, 0.6) is 0 Å². The van der Waals surface area contributed by atoms with Gasteiger partial charge >= 0.3 is 0 Å². The Bertz CT molecular complexity index is 898. The van der Waals surface area contributed by atoms with Gasteiger partial charge in [-0.15, -0.1) is 0 Å². The zero-order chi connectivity index (χ0) is 21.1. The van der Waals surface area contributed by atoms with Crippen LogP contribution in [-0.2, 0) is 9.84 Å². The zero-order valence-electron chi connectivity index (χ0n) is 18.9. The number of benzene rings is 1. The molecule has 3 aliphatic carbocycles. The van der Waals surface area contributed by atoms with E-state index in [1.54, 1.807) is 12.1 Å². The maximum atomic E-state index is 13.3. The molecule has 0 aromatic heterocycles. The summed E-state index contributed by atoms with van der Waals surface area (Å²) in [7, 11) is -3.29. The number of sulfone groups is 1. The second kappa shape index (κ2) is 6.97. The average Bonchev–Trinajstić information content (AvgIpc) is 2.64. The standard InChI is InChI=1S/C26H38O2S/c1-19-12-13-23-25(4,17-14-22-24(2,3)15-9-16-26(22,23)5)21(19)18-29(27,28)20-10-7-6-8-11-20/h6-8,10-12,21-23H,9,13-18H2,1-5H3/t21-,22?,23+,25+,26+/m1/s1. The van der Waals surface area contributed by atoms with E-state index in [9.17, 15) is 8.42 Å². The van der Waals surface area contributed by atoms with Gasteiger partial charge in [0, 0.05) is 0 Å². The van der Waals surface area contributed by atoms with Crippen molar-refractivity contribution in [3.05, 3.63) is 42.0 Å². The SMILES string of the molecule is CC1=CC[C@H]2[C@@](C)(CCC3C(C)(C)CCC[C@@]32C)[C@@H]1CS(=O)(=O)c1ccccc1. The highest BCUT2D eigenvalue weighted by atomic mass is 32.2. The van der Waals surface area contributed by atoms with E-state index in [0.29, 0.717) is 21.6 Å². The van der Waals surface area contributed by atoms with Gasteiger partial charge in [0.1, 0.15) is 0 Å².